The number of fused-ring (bicyclic) bond motifs is 1. The van der Waals surface area contributed by atoms with Gasteiger partial charge in [-0.05, 0) is 36.1 Å². The minimum Gasteiger partial charge on any atom is -0.357 e. The number of sulfonamides is 1. The van der Waals surface area contributed by atoms with Gasteiger partial charge in [0, 0.05) is 23.5 Å². The number of nitrogens with one attached hydrogen (secondary N) is 1. The van der Waals surface area contributed by atoms with E-state index in [0.717, 1.165) is 31.4 Å². The van der Waals surface area contributed by atoms with Gasteiger partial charge in [-0.1, -0.05) is 64.5 Å². The first-order valence-electron chi connectivity index (χ1n) is 10.3. The highest BCUT2D eigenvalue weighted by Crippen LogP contribution is 2.28. The fourth-order valence-corrected chi connectivity index (χ4v) is 4.72. The molecule has 3 rings (SSSR count). The van der Waals surface area contributed by atoms with Crippen LogP contribution in [0.2, 0.25) is 0 Å². The summed E-state index contributed by atoms with van der Waals surface area (Å²) in [6.07, 6.45) is 1.07. The normalized spacial score (nSPS) is 12.2. The summed E-state index contributed by atoms with van der Waals surface area (Å²) in [5.41, 5.74) is 1.23. The molecule has 0 aliphatic heterocycles. The van der Waals surface area contributed by atoms with Crippen LogP contribution in [0.1, 0.15) is 12.5 Å². The molecule has 3 aromatic carbocycles. The Labute approximate surface area is 202 Å². The molecule has 0 aliphatic rings. The second-order valence-corrected chi connectivity index (χ2v) is 10.5. The molecule has 0 saturated carbocycles. The monoisotopic (exact) mass is 531 g/mol. The molecule has 0 fully saturated rings. The Balaban J connectivity index is 1.99. The van der Waals surface area contributed by atoms with Gasteiger partial charge in [0.2, 0.25) is 21.8 Å². The minimum atomic E-state index is -3.79. The maximum atomic E-state index is 13.5. The number of nitrogens with zero attached hydrogens (tertiary/aromatic N) is 2. The molecule has 0 heterocycles. The van der Waals surface area contributed by atoms with E-state index < -0.39 is 28.5 Å². The first kappa shape index (κ1) is 24.7. The predicted molar refractivity (Wildman–Crippen MR) is 134 cm³/mol. The van der Waals surface area contributed by atoms with E-state index >= 15 is 0 Å². The van der Waals surface area contributed by atoms with E-state index in [9.17, 15) is 18.0 Å². The Morgan fingerprint density at radius 1 is 1.00 bits per heavy atom. The first-order chi connectivity index (χ1) is 15.6. The number of benzene rings is 3. The van der Waals surface area contributed by atoms with E-state index in [0.29, 0.717) is 5.69 Å². The van der Waals surface area contributed by atoms with E-state index in [1.807, 2.05) is 54.6 Å². The number of hydrogen-bond donors (Lipinski definition) is 1. The number of halogens is 1. The van der Waals surface area contributed by atoms with Crippen molar-refractivity contribution in [2.45, 2.75) is 19.5 Å². The SMILES string of the molecule is CNC(=O)C(C)N(Cc1ccc(Br)cc1)C(=O)CN(c1cccc2ccccc12)S(C)(=O)=O. The molecule has 0 aromatic heterocycles. The molecular weight excluding hydrogens is 506 g/mol. The van der Waals surface area contributed by atoms with Gasteiger partial charge in [-0.3, -0.25) is 13.9 Å². The summed E-state index contributed by atoms with van der Waals surface area (Å²) in [5.74, 6) is -0.816. The van der Waals surface area contributed by atoms with Crippen molar-refractivity contribution in [3.05, 3.63) is 76.8 Å². The number of carbonyl (C=O) groups excluding carboxylic acids is 2. The molecule has 0 spiro atoms. The molecule has 1 atom stereocenters. The number of carbonyl (C=O) groups is 2. The lowest BCUT2D eigenvalue weighted by molar-refractivity contribution is -0.139. The maximum Gasteiger partial charge on any atom is 0.244 e. The third kappa shape index (κ3) is 5.91. The lowest BCUT2D eigenvalue weighted by atomic mass is 10.1. The zero-order valence-corrected chi connectivity index (χ0v) is 21.1. The average Bonchev–Trinajstić information content (AvgIpc) is 2.80. The standard InChI is InChI=1S/C24H26BrN3O4S/c1-17(24(30)26-2)27(15-18-11-13-20(25)14-12-18)23(29)16-28(33(3,31)32)22-10-6-8-19-7-4-5-9-21(19)22/h4-14,17H,15-16H2,1-3H3,(H,26,30). The van der Waals surface area contributed by atoms with Gasteiger partial charge in [0.15, 0.2) is 0 Å². The molecule has 3 aromatic rings. The van der Waals surface area contributed by atoms with Crippen molar-refractivity contribution < 1.29 is 18.0 Å². The average molecular weight is 532 g/mol. The summed E-state index contributed by atoms with van der Waals surface area (Å²) >= 11 is 3.39. The molecule has 0 bridgehead atoms. The summed E-state index contributed by atoms with van der Waals surface area (Å²) in [4.78, 5) is 27.3. The zero-order valence-electron chi connectivity index (χ0n) is 18.7. The molecule has 7 nitrogen and oxygen atoms in total. The summed E-state index contributed by atoms with van der Waals surface area (Å²) in [6, 6.07) is 19.3. The highest BCUT2D eigenvalue weighted by atomic mass is 79.9. The van der Waals surface area contributed by atoms with Gasteiger partial charge in [-0.15, -0.1) is 0 Å². The Hall–Kier alpha value is -2.91. The third-order valence-electron chi connectivity index (χ3n) is 5.39. The molecule has 1 unspecified atom stereocenters. The first-order valence-corrected chi connectivity index (χ1v) is 13.0. The van der Waals surface area contributed by atoms with Crippen LogP contribution in [0.25, 0.3) is 10.8 Å². The quantitative estimate of drug-likeness (QED) is 0.481. The number of likely N-dealkylation sites (N-methyl/N-ethyl adjacent to an activating group) is 1. The van der Waals surface area contributed by atoms with Crippen molar-refractivity contribution >= 4 is 54.2 Å². The molecule has 1 N–H and O–H groups in total. The van der Waals surface area contributed by atoms with E-state index in [-0.39, 0.29) is 12.5 Å². The minimum absolute atomic E-state index is 0.161. The molecule has 0 aliphatic carbocycles. The van der Waals surface area contributed by atoms with E-state index in [1.54, 1.807) is 19.1 Å². The van der Waals surface area contributed by atoms with Crippen molar-refractivity contribution in [2.75, 3.05) is 24.2 Å². The summed E-state index contributed by atoms with van der Waals surface area (Å²) in [5, 5.41) is 4.14. The van der Waals surface area contributed by atoms with Crippen LogP contribution in [0, 0.1) is 0 Å². The largest absolute Gasteiger partial charge is 0.357 e. The highest BCUT2D eigenvalue weighted by molar-refractivity contribution is 9.10. The molecule has 2 amide bonds. The van der Waals surface area contributed by atoms with E-state index in [1.165, 1.54) is 11.9 Å². The fraction of sp³-hybridized carbons (Fsp3) is 0.250. The van der Waals surface area contributed by atoms with Crippen LogP contribution in [0.3, 0.4) is 0 Å². The number of hydrogen-bond acceptors (Lipinski definition) is 4. The van der Waals surface area contributed by atoms with Gasteiger partial charge < -0.3 is 10.2 Å². The van der Waals surface area contributed by atoms with Crippen LogP contribution in [-0.2, 0) is 26.2 Å². The zero-order chi connectivity index (χ0) is 24.2. The second kappa shape index (κ2) is 10.4. The van der Waals surface area contributed by atoms with Crippen molar-refractivity contribution in [1.29, 1.82) is 0 Å². The van der Waals surface area contributed by atoms with Crippen molar-refractivity contribution in [1.82, 2.24) is 10.2 Å². The predicted octanol–water partition coefficient (Wildman–Crippen LogP) is 3.53. The van der Waals surface area contributed by atoms with Crippen molar-refractivity contribution in [3.8, 4) is 0 Å². The maximum absolute atomic E-state index is 13.5. The Bertz CT molecular complexity index is 1260. The smallest absolute Gasteiger partial charge is 0.244 e. The Morgan fingerprint density at radius 3 is 2.27 bits per heavy atom. The second-order valence-electron chi connectivity index (χ2n) is 7.71. The number of rotatable bonds is 8. The molecule has 9 heteroatoms. The number of amides is 2. The molecular formula is C24H26BrN3O4S. The van der Waals surface area contributed by atoms with Gasteiger partial charge >= 0.3 is 0 Å². The van der Waals surface area contributed by atoms with Crippen LogP contribution in [0.4, 0.5) is 5.69 Å². The molecule has 33 heavy (non-hydrogen) atoms. The van der Waals surface area contributed by atoms with Crippen LogP contribution < -0.4 is 9.62 Å². The Morgan fingerprint density at radius 2 is 1.64 bits per heavy atom. The molecule has 0 saturated heterocycles. The van der Waals surface area contributed by atoms with Crippen LogP contribution in [0.15, 0.2) is 71.2 Å². The van der Waals surface area contributed by atoms with Crippen molar-refractivity contribution in [3.63, 3.8) is 0 Å². The lowest BCUT2D eigenvalue weighted by Crippen LogP contribution is -2.50. The van der Waals surface area contributed by atoms with Crippen LogP contribution in [-0.4, -0.2) is 51.0 Å². The third-order valence-corrected chi connectivity index (χ3v) is 7.05. The summed E-state index contributed by atoms with van der Waals surface area (Å²) in [6.45, 7) is 1.36. The summed E-state index contributed by atoms with van der Waals surface area (Å²) < 4.78 is 27.5. The molecule has 0 radical (unpaired) electrons. The number of anilines is 1. The topological polar surface area (TPSA) is 86.8 Å². The Kier molecular flexibility index (Phi) is 7.76. The summed E-state index contributed by atoms with van der Waals surface area (Å²) in [7, 11) is -2.29. The van der Waals surface area contributed by atoms with E-state index in [4.69, 9.17) is 0 Å². The van der Waals surface area contributed by atoms with Gasteiger partial charge in [-0.25, -0.2) is 8.42 Å². The van der Waals surface area contributed by atoms with Crippen LogP contribution in [0.5, 0.6) is 0 Å². The fourth-order valence-electron chi connectivity index (χ4n) is 3.60. The highest BCUT2D eigenvalue weighted by Gasteiger charge is 2.30. The van der Waals surface area contributed by atoms with Gasteiger partial charge in [0.1, 0.15) is 12.6 Å². The van der Waals surface area contributed by atoms with Crippen LogP contribution >= 0.6 is 15.9 Å². The van der Waals surface area contributed by atoms with E-state index in [2.05, 4.69) is 21.2 Å². The lowest BCUT2D eigenvalue weighted by Gasteiger charge is -2.31. The van der Waals surface area contributed by atoms with Gasteiger partial charge in [0.25, 0.3) is 0 Å². The van der Waals surface area contributed by atoms with Gasteiger partial charge in [0.05, 0.1) is 11.9 Å². The van der Waals surface area contributed by atoms with Crippen molar-refractivity contribution in [2.24, 2.45) is 0 Å². The molecule has 174 valence electrons. The van der Waals surface area contributed by atoms with Gasteiger partial charge in [-0.2, -0.15) is 0 Å².